The van der Waals surface area contributed by atoms with Gasteiger partial charge in [-0.25, -0.2) is 0 Å². The van der Waals surface area contributed by atoms with Crippen LogP contribution in [-0.4, -0.2) is 4.57 Å². The standard InChI is InChI=1S/C23H17N/c1-24-22-13-19-16(10-14-6-2-4-8-17(14)19)12-20(22)21-11-15-7-3-5-9-18(15)23(21)24/h2-9,12-13H,10-11H2,1H3. The van der Waals surface area contributed by atoms with Gasteiger partial charge in [0, 0.05) is 29.9 Å². The minimum absolute atomic E-state index is 1.06. The number of hydrogen-bond acceptors (Lipinski definition) is 0. The van der Waals surface area contributed by atoms with Crippen LogP contribution in [0, 0.1) is 0 Å². The van der Waals surface area contributed by atoms with E-state index in [4.69, 9.17) is 0 Å². The molecule has 0 radical (unpaired) electrons. The SMILES string of the molecule is Cn1c2c(c3cc4c(cc31)-c1ccccc1C4)Cc1ccccc1-2. The Labute approximate surface area is 141 Å². The summed E-state index contributed by atoms with van der Waals surface area (Å²) in [7, 11) is 2.22. The van der Waals surface area contributed by atoms with E-state index in [1.807, 2.05) is 0 Å². The molecule has 0 aliphatic heterocycles. The average molecular weight is 307 g/mol. The smallest absolute Gasteiger partial charge is 0.0527 e. The Morgan fingerprint density at radius 3 is 2.25 bits per heavy atom. The molecule has 2 aliphatic rings. The molecule has 1 nitrogen and oxygen atoms in total. The molecule has 1 aromatic heterocycles. The highest BCUT2D eigenvalue weighted by Gasteiger charge is 2.27. The predicted molar refractivity (Wildman–Crippen MR) is 99.4 cm³/mol. The second-order valence-electron chi connectivity index (χ2n) is 7.08. The van der Waals surface area contributed by atoms with Crippen LogP contribution < -0.4 is 0 Å². The van der Waals surface area contributed by atoms with Gasteiger partial charge in [0.2, 0.25) is 0 Å². The Bertz CT molecular complexity index is 1160. The minimum Gasteiger partial charge on any atom is -0.343 e. The van der Waals surface area contributed by atoms with Crippen LogP contribution >= 0.6 is 0 Å². The summed E-state index contributed by atoms with van der Waals surface area (Å²) in [6, 6.07) is 22.5. The van der Waals surface area contributed by atoms with Gasteiger partial charge >= 0.3 is 0 Å². The molecular formula is C23H17N. The molecule has 0 spiro atoms. The molecule has 1 heterocycles. The highest BCUT2D eigenvalue weighted by Crippen LogP contribution is 2.45. The Morgan fingerprint density at radius 2 is 1.42 bits per heavy atom. The van der Waals surface area contributed by atoms with Gasteiger partial charge in [0.15, 0.2) is 0 Å². The molecule has 0 amide bonds. The zero-order valence-corrected chi connectivity index (χ0v) is 13.6. The fourth-order valence-corrected chi connectivity index (χ4v) is 4.76. The Hall–Kier alpha value is -2.80. The number of fused-ring (bicyclic) bond motifs is 8. The summed E-state index contributed by atoms with van der Waals surface area (Å²) in [6.07, 6.45) is 2.13. The van der Waals surface area contributed by atoms with Crippen LogP contribution in [0.5, 0.6) is 0 Å². The van der Waals surface area contributed by atoms with Crippen LogP contribution in [-0.2, 0) is 19.9 Å². The van der Waals surface area contributed by atoms with Crippen LogP contribution in [0.1, 0.15) is 22.3 Å². The number of hydrogen-bond donors (Lipinski definition) is 0. The maximum atomic E-state index is 2.45. The third kappa shape index (κ3) is 1.41. The number of nitrogens with zero attached hydrogens (tertiary/aromatic N) is 1. The summed E-state index contributed by atoms with van der Waals surface area (Å²) in [6.45, 7) is 0. The Morgan fingerprint density at radius 1 is 0.708 bits per heavy atom. The van der Waals surface area contributed by atoms with Gasteiger partial charge in [-0.1, -0.05) is 48.5 Å². The second-order valence-corrected chi connectivity index (χ2v) is 7.08. The zero-order valence-electron chi connectivity index (χ0n) is 13.6. The molecule has 0 unspecified atom stereocenters. The minimum atomic E-state index is 1.06. The Kier molecular flexibility index (Phi) is 2.20. The first-order valence-electron chi connectivity index (χ1n) is 8.62. The summed E-state index contributed by atoms with van der Waals surface area (Å²) in [5.74, 6) is 0. The van der Waals surface area contributed by atoms with Crippen molar-refractivity contribution in [1.29, 1.82) is 0 Å². The molecule has 0 N–H and O–H groups in total. The number of rotatable bonds is 0. The summed E-state index contributed by atoms with van der Waals surface area (Å²) in [5, 5.41) is 1.44. The van der Waals surface area contributed by atoms with E-state index >= 15 is 0 Å². The maximum Gasteiger partial charge on any atom is 0.0527 e. The van der Waals surface area contributed by atoms with Gasteiger partial charge in [0.1, 0.15) is 0 Å². The summed E-state index contributed by atoms with van der Waals surface area (Å²) >= 11 is 0. The largest absolute Gasteiger partial charge is 0.343 e. The monoisotopic (exact) mass is 307 g/mol. The van der Waals surface area contributed by atoms with E-state index in [1.165, 1.54) is 55.5 Å². The molecule has 6 rings (SSSR count). The highest BCUT2D eigenvalue weighted by atomic mass is 15.0. The van der Waals surface area contributed by atoms with Gasteiger partial charge < -0.3 is 4.57 Å². The third-order valence-electron chi connectivity index (χ3n) is 5.86. The fourth-order valence-electron chi connectivity index (χ4n) is 4.76. The van der Waals surface area contributed by atoms with Crippen molar-refractivity contribution < 1.29 is 0 Å². The van der Waals surface area contributed by atoms with Gasteiger partial charge in [-0.3, -0.25) is 0 Å². The van der Waals surface area contributed by atoms with Gasteiger partial charge in [-0.2, -0.15) is 0 Å². The van der Waals surface area contributed by atoms with Crippen molar-refractivity contribution in [3.8, 4) is 22.4 Å². The van der Waals surface area contributed by atoms with Crippen molar-refractivity contribution in [3.05, 3.63) is 82.9 Å². The first-order valence-corrected chi connectivity index (χ1v) is 8.62. The first kappa shape index (κ1) is 12.6. The normalized spacial score (nSPS) is 13.7. The molecule has 4 aromatic rings. The molecule has 1 heteroatoms. The van der Waals surface area contributed by atoms with Crippen molar-refractivity contribution in [1.82, 2.24) is 4.57 Å². The van der Waals surface area contributed by atoms with Crippen molar-refractivity contribution in [2.75, 3.05) is 0 Å². The van der Waals surface area contributed by atoms with Crippen LogP contribution in [0.15, 0.2) is 60.7 Å². The molecule has 0 fully saturated rings. The summed E-state index contributed by atoms with van der Waals surface area (Å²) in [5.41, 5.74) is 12.9. The maximum absolute atomic E-state index is 2.45. The van der Waals surface area contributed by atoms with Gasteiger partial charge in [0.25, 0.3) is 0 Å². The van der Waals surface area contributed by atoms with E-state index in [-0.39, 0.29) is 0 Å². The molecule has 0 bridgehead atoms. The lowest BCUT2D eigenvalue weighted by Gasteiger charge is -2.07. The summed E-state index contributed by atoms with van der Waals surface area (Å²) < 4.78 is 2.40. The number of benzene rings is 3. The average Bonchev–Trinajstić information content (AvgIpc) is 3.24. The van der Waals surface area contributed by atoms with E-state index in [9.17, 15) is 0 Å². The van der Waals surface area contributed by atoms with Gasteiger partial charge in [-0.05, 0) is 51.9 Å². The zero-order chi connectivity index (χ0) is 15.8. The van der Waals surface area contributed by atoms with E-state index < -0.39 is 0 Å². The Balaban J connectivity index is 1.68. The topological polar surface area (TPSA) is 4.93 Å². The molecule has 114 valence electrons. The van der Waals surface area contributed by atoms with Crippen LogP contribution in [0.25, 0.3) is 33.3 Å². The molecule has 3 aromatic carbocycles. The molecule has 0 atom stereocenters. The van der Waals surface area contributed by atoms with Gasteiger partial charge in [0.05, 0.1) is 5.69 Å². The van der Waals surface area contributed by atoms with Crippen LogP contribution in [0.3, 0.4) is 0 Å². The quantitative estimate of drug-likeness (QED) is 0.358. The molecule has 0 saturated carbocycles. The molecular weight excluding hydrogens is 290 g/mol. The van der Waals surface area contributed by atoms with E-state index in [0.717, 1.165) is 12.8 Å². The van der Waals surface area contributed by atoms with E-state index in [1.54, 1.807) is 0 Å². The van der Waals surface area contributed by atoms with Crippen molar-refractivity contribution in [3.63, 3.8) is 0 Å². The van der Waals surface area contributed by atoms with Crippen LogP contribution in [0.2, 0.25) is 0 Å². The lowest BCUT2D eigenvalue weighted by atomic mass is 10.0. The third-order valence-corrected chi connectivity index (χ3v) is 5.86. The lowest BCUT2D eigenvalue weighted by molar-refractivity contribution is 0.978. The summed E-state index contributed by atoms with van der Waals surface area (Å²) in [4.78, 5) is 0. The number of aryl methyl sites for hydroxylation is 1. The lowest BCUT2D eigenvalue weighted by Crippen LogP contribution is -1.92. The van der Waals surface area contributed by atoms with Gasteiger partial charge in [-0.15, -0.1) is 0 Å². The highest BCUT2D eigenvalue weighted by molar-refractivity contribution is 5.99. The van der Waals surface area contributed by atoms with E-state index in [2.05, 4.69) is 72.3 Å². The predicted octanol–water partition coefficient (Wildman–Crippen LogP) is 5.32. The van der Waals surface area contributed by atoms with Crippen molar-refractivity contribution in [2.45, 2.75) is 12.8 Å². The van der Waals surface area contributed by atoms with Crippen LogP contribution in [0.4, 0.5) is 0 Å². The molecule has 0 saturated heterocycles. The molecule has 2 aliphatic carbocycles. The fraction of sp³-hybridized carbons (Fsp3) is 0.130. The van der Waals surface area contributed by atoms with E-state index in [0.29, 0.717) is 0 Å². The van der Waals surface area contributed by atoms with Crippen molar-refractivity contribution in [2.24, 2.45) is 7.05 Å². The first-order chi connectivity index (χ1) is 11.8. The number of aromatic nitrogens is 1. The molecule has 24 heavy (non-hydrogen) atoms. The van der Waals surface area contributed by atoms with Crippen molar-refractivity contribution >= 4 is 10.9 Å². The second kappa shape index (κ2) is 4.18.